The molecule has 2 aliphatic heterocycles. The van der Waals surface area contributed by atoms with E-state index in [4.69, 9.17) is 38.4 Å². The molecule has 0 aliphatic carbocycles. The zero-order valence-electron chi connectivity index (χ0n) is 20.5. The molecule has 5 rings (SSSR count). The number of methoxy groups -OCH3 is 1. The maximum Gasteiger partial charge on any atom is 0.308 e. The van der Waals surface area contributed by atoms with Gasteiger partial charge in [0.05, 0.1) is 29.5 Å². The van der Waals surface area contributed by atoms with Crippen LogP contribution in [0.25, 0.3) is 0 Å². The maximum atomic E-state index is 13.4. The second-order valence-electron chi connectivity index (χ2n) is 8.52. The lowest BCUT2D eigenvalue weighted by atomic mass is 9.98. The zero-order chi connectivity index (χ0) is 26.8. The Morgan fingerprint density at radius 2 is 1.71 bits per heavy atom. The highest BCUT2D eigenvalue weighted by atomic mass is 35.5. The van der Waals surface area contributed by atoms with Gasteiger partial charge in [0.2, 0.25) is 0 Å². The Balaban J connectivity index is 1.45. The smallest absolute Gasteiger partial charge is 0.308 e. The average Bonchev–Trinajstić information content (AvgIpc) is 3.45. The van der Waals surface area contributed by atoms with Gasteiger partial charge in [-0.3, -0.25) is 19.5 Å². The van der Waals surface area contributed by atoms with E-state index in [0.717, 1.165) is 22.6 Å². The van der Waals surface area contributed by atoms with Crippen molar-refractivity contribution in [1.82, 2.24) is 5.01 Å². The summed E-state index contributed by atoms with van der Waals surface area (Å²) in [6.07, 6.45) is 2.40. The molecule has 0 bridgehead atoms. The van der Waals surface area contributed by atoms with Crippen LogP contribution >= 0.6 is 35.6 Å². The number of rotatable bonds is 6. The largest absolute Gasteiger partial charge is 0.497 e. The number of hydrogen-bond donors (Lipinski definition) is 0. The van der Waals surface area contributed by atoms with E-state index in [0.29, 0.717) is 32.1 Å². The summed E-state index contributed by atoms with van der Waals surface area (Å²) in [4.78, 5) is 26.6. The topological polar surface area (TPSA) is 71.4 Å². The van der Waals surface area contributed by atoms with Crippen LogP contribution in [0.3, 0.4) is 0 Å². The van der Waals surface area contributed by atoms with Crippen molar-refractivity contribution in [2.24, 2.45) is 5.10 Å². The molecule has 1 unspecified atom stereocenters. The standard InChI is InChI=1S/C28H22ClN3O4S2/c1-17(33)36-23-13-9-21(10-14-23)32-27(34)26(38-28(32)37)16-31-25(19-5-11-22(35-2)12-6-19)15-24(30-31)18-3-7-20(29)8-4-18/h3-14,16,25H,15H2,1-2H3/b26-16-. The van der Waals surface area contributed by atoms with Crippen LogP contribution in [0, 0.1) is 0 Å². The first-order valence-electron chi connectivity index (χ1n) is 11.6. The van der Waals surface area contributed by atoms with Gasteiger partial charge < -0.3 is 9.47 Å². The van der Waals surface area contributed by atoms with Gasteiger partial charge in [0.25, 0.3) is 5.91 Å². The van der Waals surface area contributed by atoms with Gasteiger partial charge in [-0.25, -0.2) is 0 Å². The van der Waals surface area contributed by atoms with Crippen molar-refractivity contribution < 1.29 is 19.1 Å². The Morgan fingerprint density at radius 3 is 2.34 bits per heavy atom. The first-order valence-corrected chi connectivity index (χ1v) is 13.2. The summed E-state index contributed by atoms with van der Waals surface area (Å²) in [5.41, 5.74) is 3.47. The van der Waals surface area contributed by atoms with Gasteiger partial charge in [-0.1, -0.05) is 59.8 Å². The Labute approximate surface area is 234 Å². The molecule has 0 saturated carbocycles. The van der Waals surface area contributed by atoms with Crippen molar-refractivity contribution in [3.63, 3.8) is 0 Å². The number of carbonyl (C=O) groups excluding carboxylic acids is 2. The molecule has 0 radical (unpaired) electrons. The van der Waals surface area contributed by atoms with E-state index < -0.39 is 5.97 Å². The van der Waals surface area contributed by atoms with Crippen LogP contribution in [0.5, 0.6) is 11.5 Å². The number of benzene rings is 3. The van der Waals surface area contributed by atoms with E-state index in [2.05, 4.69) is 0 Å². The number of thioether (sulfide) groups is 1. The number of carbonyl (C=O) groups is 2. The predicted molar refractivity (Wildman–Crippen MR) is 154 cm³/mol. The molecule has 1 saturated heterocycles. The Morgan fingerprint density at radius 1 is 1.05 bits per heavy atom. The minimum Gasteiger partial charge on any atom is -0.497 e. The molecule has 3 aromatic rings. The van der Waals surface area contributed by atoms with Crippen LogP contribution in [-0.2, 0) is 9.59 Å². The molecule has 0 N–H and O–H groups in total. The molecule has 2 aliphatic rings. The molecule has 192 valence electrons. The monoisotopic (exact) mass is 563 g/mol. The number of anilines is 1. The molecule has 7 nitrogen and oxygen atoms in total. The molecule has 0 aromatic heterocycles. The second kappa shape index (κ2) is 11.0. The van der Waals surface area contributed by atoms with Gasteiger partial charge in [-0.05, 0) is 59.7 Å². The fourth-order valence-electron chi connectivity index (χ4n) is 4.19. The highest BCUT2D eigenvalue weighted by molar-refractivity contribution is 8.27. The summed E-state index contributed by atoms with van der Waals surface area (Å²) < 4.78 is 10.8. The van der Waals surface area contributed by atoms with E-state index in [1.54, 1.807) is 37.6 Å². The van der Waals surface area contributed by atoms with Crippen LogP contribution in [-0.4, -0.2) is 34.0 Å². The normalized spacial score (nSPS) is 18.2. The molecular formula is C28H22ClN3O4S2. The molecule has 1 atom stereocenters. The third-order valence-corrected chi connectivity index (χ3v) is 7.56. The fraction of sp³-hybridized carbons (Fsp3) is 0.143. The van der Waals surface area contributed by atoms with E-state index in [1.165, 1.54) is 23.6 Å². The quantitative estimate of drug-likeness (QED) is 0.150. The Kier molecular flexibility index (Phi) is 7.51. The SMILES string of the molecule is COc1ccc(C2CC(c3ccc(Cl)cc3)=NN2/C=C2\SC(=S)N(c3ccc(OC(C)=O)cc3)C2=O)cc1. The third kappa shape index (κ3) is 5.45. The number of nitrogens with zero attached hydrogens (tertiary/aromatic N) is 3. The lowest BCUT2D eigenvalue weighted by Gasteiger charge is -2.21. The van der Waals surface area contributed by atoms with Crippen molar-refractivity contribution in [3.8, 4) is 11.5 Å². The van der Waals surface area contributed by atoms with Crippen LogP contribution in [0.15, 0.2) is 89.0 Å². The van der Waals surface area contributed by atoms with Gasteiger partial charge in [-0.15, -0.1) is 0 Å². The number of hydrazone groups is 1. The molecule has 1 amide bonds. The molecule has 10 heteroatoms. The fourth-order valence-corrected chi connectivity index (χ4v) is 5.58. The molecule has 2 heterocycles. The summed E-state index contributed by atoms with van der Waals surface area (Å²) in [6, 6.07) is 21.9. The summed E-state index contributed by atoms with van der Waals surface area (Å²) in [5, 5.41) is 7.35. The van der Waals surface area contributed by atoms with E-state index in [9.17, 15) is 9.59 Å². The maximum absolute atomic E-state index is 13.4. The first kappa shape index (κ1) is 26.0. The van der Waals surface area contributed by atoms with Gasteiger partial charge in [0, 0.05) is 24.6 Å². The molecule has 1 fully saturated rings. The molecule has 3 aromatic carbocycles. The minimum atomic E-state index is -0.415. The van der Waals surface area contributed by atoms with Gasteiger partial charge in [0.1, 0.15) is 11.5 Å². The third-order valence-electron chi connectivity index (χ3n) is 6.02. The van der Waals surface area contributed by atoms with Crippen LogP contribution < -0.4 is 14.4 Å². The Bertz CT molecular complexity index is 1450. The van der Waals surface area contributed by atoms with Crippen molar-refractivity contribution in [2.45, 2.75) is 19.4 Å². The van der Waals surface area contributed by atoms with Crippen molar-refractivity contribution in [2.75, 3.05) is 12.0 Å². The number of esters is 1. The number of halogens is 1. The first-order chi connectivity index (χ1) is 18.3. The lowest BCUT2D eigenvalue weighted by molar-refractivity contribution is -0.131. The summed E-state index contributed by atoms with van der Waals surface area (Å²) >= 11 is 12.8. The number of amides is 1. The van der Waals surface area contributed by atoms with E-state index >= 15 is 0 Å². The second-order valence-corrected chi connectivity index (χ2v) is 10.6. The number of hydrogen-bond acceptors (Lipinski definition) is 8. The van der Waals surface area contributed by atoms with Crippen LogP contribution in [0.2, 0.25) is 5.02 Å². The summed E-state index contributed by atoms with van der Waals surface area (Å²) in [7, 11) is 1.63. The van der Waals surface area contributed by atoms with Gasteiger partial charge in [0.15, 0.2) is 4.32 Å². The highest BCUT2D eigenvalue weighted by Gasteiger charge is 2.36. The minimum absolute atomic E-state index is 0.127. The van der Waals surface area contributed by atoms with E-state index in [-0.39, 0.29) is 11.9 Å². The zero-order valence-corrected chi connectivity index (χ0v) is 22.8. The van der Waals surface area contributed by atoms with Crippen molar-refractivity contribution in [1.29, 1.82) is 0 Å². The van der Waals surface area contributed by atoms with E-state index in [1.807, 2.05) is 53.5 Å². The molecule has 0 spiro atoms. The summed E-state index contributed by atoms with van der Waals surface area (Å²) in [5.74, 6) is 0.495. The number of ether oxygens (including phenoxy) is 2. The summed E-state index contributed by atoms with van der Waals surface area (Å²) in [6.45, 7) is 1.33. The highest BCUT2D eigenvalue weighted by Crippen LogP contribution is 2.39. The van der Waals surface area contributed by atoms with Crippen molar-refractivity contribution in [3.05, 3.63) is 100 Å². The molecule has 38 heavy (non-hydrogen) atoms. The van der Waals surface area contributed by atoms with Crippen LogP contribution in [0.1, 0.15) is 30.5 Å². The average molecular weight is 564 g/mol. The van der Waals surface area contributed by atoms with Crippen molar-refractivity contribution >= 4 is 63.2 Å². The predicted octanol–water partition coefficient (Wildman–Crippen LogP) is 6.33. The van der Waals surface area contributed by atoms with Gasteiger partial charge in [-0.2, -0.15) is 5.10 Å². The Hall–Kier alpha value is -3.66. The van der Waals surface area contributed by atoms with Gasteiger partial charge >= 0.3 is 5.97 Å². The molecular weight excluding hydrogens is 542 g/mol. The lowest BCUT2D eigenvalue weighted by Crippen LogP contribution is -2.27. The van der Waals surface area contributed by atoms with Crippen LogP contribution in [0.4, 0.5) is 5.69 Å². The number of thiocarbonyl (C=S) groups is 1.